The van der Waals surface area contributed by atoms with E-state index in [0.717, 1.165) is 8.30 Å². The van der Waals surface area contributed by atoms with Gasteiger partial charge in [-0.25, -0.2) is 19.6 Å². The number of hydrogen-bond acceptors (Lipinski definition) is 8. The minimum Gasteiger partial charge on any atom is -0.490 e. The topological polar surface area (TPSA) is 121 Å². The van der Waals surface area contributed by atoms with Crippen LogP contribution in [0.1, 0.15) is 41.5 Å². The normalized spacial score (nSPS) is 10.9. The summed E-state index contributed by atoms with van der Waals surface area (Å²) in [5, 5.41) is 5.22. The van der Waals surface area contributed by atoms with Gasteiger partial charge in [-0.1, -0.05) is 0 Å². The summed E-state index contributed by atoms with van der Waals surface area (Å²) in [4.78, 5) is 30.7. The third-order valence-corrected chi connectivity index (χ3v) is 4.59. The monoisotopic (exact) mass is 680 g/mol. The Morgan fingerprint density at radius 1 is 0.806 bits per heavy atom. The fourth-order valence-corrected chi connectivity index (χ4v) is 2.72. The molecule has 2 aromatic heterocycles. The number of nitrogens with zero attached hydrogens (tertiary/aromatic N) is 2. The van der Waals surface area contributed by atoms with E-state index in [4.69, 9.17) is 18.9 Å². The Morgan fingerprint density at radius 2 is 1.25 bits per heavy atom. The van der Waals surface area contributed by atoms with Crippen molar-refractivity contribution in [2.45, 2.75) is 52.7 Å². The van der Waals surface area contributed by atoms with Gasteiger partial charge < -0.3 is 29.6 Å². The van der Waals surface area contributed by atoms with Gasteiger partial charge in [-0.15, -0.1) is 0 Å². The summed E-state index contributed by atoms with van der Waals surface area (Å²) in [6, 6.07) is 7.28. The summed E-state index contributed by atoms with van der Waals surface area (Å²) in [5.74, 6) is 1.34. The van der Waals surface area contributed by atoms with E-state index in [1.807, 2.05) is 53.7 Å². The summed E-state index contributed by atoms with van der Waals surface area (Å²) in [6.45, 7) is 12.4. The Morgan fingerprint density at radius 3 is 1.61 bits per heavy atom. The van der Waals surface area contributed by atoms with E-state index in [1.54, 1.807) is 24.5 Å². The van der Waals surface area contributed by atoms with E-state index in [1.165, 1.54) is 0 Å². The first-order valence-corrected chi connectivity index (χ1v) is 13.0. The molecule has 0 aliphatic carbocycles. The van der Waals surface area contributed by atoms with Gasteiger partial charge in [0.15, 0.2) is 0 Å². The van der Waals surface area contributed by atoms with Crippen molar-refractivity contribution in [3.8, 4) is 11.5 Å². The minimum absolute atomic E-state index is 0.364. The molecule has 200 valence electrons. The van der Waals surface area contributed by atoms with Crippen LogP contribution < -0.4 is 20.1 Å². The molecule has 0 atom stereocenters. The Balaban J connectivity index is 0.000000360. The molecule has 0 spiro atoms. The number of carbonyl (C=O) groups is 2. The summed E-state index contributed by atoms with van der Waals surface area (Å²) in [6.07, 6.45) is 2.37. The maximum atomic E-state index is 11.3. The highest BCUT2D eigenvalue weighted by Gasteiger charge is 2.16. The SMILES string of the molecule is CC(C)(C)OC(=O)NCCOc1ccc(Br)nc1.CC(C)(C)OC(=O)NCCOc1ccc(I)nc1. The van der Waals surface area contributed by atoms with Gasteiger partial charge in [0.05, 0.1) is 25.5 Å². The van der Waals surface area contributed by atoms with E-state index in [-0.39, 0.29) is 0 Å². The van der Waals surface area contributed by atoms with E-state index in [2.05, 4.69) is 59.1 Å². The maximum Gasteiger partial charge on any atom is 0.407 e. The van der Waals surface area contributed by atoms with Crippen LogP contribution in [0.2, 0.25) is 0 Å². The first-order valence-electron chi connectivity index (χ1n) is 11.2. The molecule has 0 bridgehead atoms. The molecule has 0 aliphatic rings. The Bertz CT molecular complexity index is 854. The minimum atomic E-state index is -0.486. The number of carbonyl (C=O) groups excluding carboxylic acids is 2. The number of alkyl carbamates (subject to hydrolysis) is 2. The number of amides is 2. The van der Waals surface area contributed by atoms with E-state index in [0.29, 0.717) is 37.8 Å². The van der Waals surface area contributed by atoms with Gasteiger partial charge in [0, 0.05) is 0 Å². The molecule has 0 radical (unpaired) electrons. The molecule has 2 heterocycles. The van der Waals surface area contributed by atoms with Gasteiger partial charge >= 0.3 is 12.2 Å². The summed E-state index contributed by atoms with van der Waals surface area (Å²) in [7, 11) is 0. The second-order valence-corrected chi connectivity index (χ2v) is 11.1. The molecule has 0 aromatic carbocycles. The van der Waals surface area contributed by atoms with E-state index < -0.39 is 23.4 Å². The third kappa shape index (κ3) is 17.1. The summed E-state index contributed by atoms with van der Waals surface area (Å²) in [5.41, 5.74) is -0.967. The van der Waals surface area contributed by atoms with Crippen molar-refractivity contribution in [2.75, 3.05) is 26.3 Å². The molecule has 2 rings (SSSR count). The Labute approximate surface area is 234 Å². The van der Waals surface area contributed by atoms with Crippen molar-refractivity contribution in [3.05, 3.63) is 45.0 Å². The lowest BCUT2D eigenvalue weighted by molar-refractivity contribution is 0.0509. The Kier molecular flexibility index (Phi) is 13.8. The van der Waals surface area contributed by atoms with Gasteiger partial charge in [0.25, 0.3) is 0 Å². The molecule has 0 unspecified atom stereocenters. The number of rotatable bonds is 8. The largest absolute Gasteiger partial charge is 0.490 e. The molecule has 2 N–H and O–H groups in total. The number of halogens is 2. The standard InChI is InChI=1S/C12H17BrN2O3.C12H17IN2O3/c2*1-12(2,3)18-11(16)14-6-7-17-9-4-5-10(13)15-8-9/h2*4-5,8H,6-7H2,1-3H3,(H,14,16). The zero-order valence-electron chi connectivity index (χ0n) is 21.4. The molecule has 0 fully saturated rings. The van der Waals surface area contributed by atoms with Gasteiger partial charge in [-0.2, -0.15) is 0 Å². The van der Waals surface area contributed by atoms with Crippen LogP contribution in [-0.4, -0.2) is 59.7 Å². The van der Waals surface area contributed by atoms with Crippen LogP contribution in [0, 0.1) is 3.70 Å². The van der Waals surface area contributed by atoms with Gasteiger partial charge in [-0.3, -0.25) is 0 Å². The van der Waals surface area contributed by atoms with Gasteiger partial charge in [0.1, 0.15) is 44.2 Å². The molecule has 12 heteroatoms. The molecule has 2 aromatic rings. The molecule has 0 saturated heterocycles. The average molecular weight is 681 g/mol. The lowest BCUT2D eigenvalue weighted by Crippen LogP contribution is -2.34. The van der Waals surface area contributed by atoms with Crippen LogP contribution in [0.4, 0.5) is 9.59 Å². The second-order valence-electron chi connectivity index (χ2n) is 9.19. The second kappa shape index (κ2) is 15.7. The number of aromatic nitrogens is 2. The van der Waals surface area contributed by atoms with Crippen LogP contribution in [-0.2, 0) is 9.47 Å². The molecular formula is C24H34BrIN4O6. The highest BCUT2D eigenvalue weighted by molar-refractivity contribution is 14.1. The first kappa shape index (κ1) is 31.7. The van der Waals surface area contributed by atoms with Crippen molar-refractivity contribution >= 4 is 50.7 Å². The highest BCUT2D eigenvalue weighted by Crippen LogP contribution is 2.12. The fourth-order valence-electron chi connectivity index (χ4n) is 2.17. The quantitative estimate of drug-likeness (QED) is 0.218. The van der Waals surface area contributed by atoms with Crippen molar-refractivity contribution in [1.82, 2.24) is 20.6 Å². The highest BCUT2D eigenvalue weighted by atomic mass is 127. The van der Waals surface area contributed by atoms with Crippen LogP contribution in [0.3, 0.4) is 0 Å². The van der Waals surface area contributed by atoms with E-state index in [9.17, 15) is 9.59 Å². The van der Waals surface area contributed by atoms with Crippen LogP contribution in [0.15, 0.2) is 41.3 Å². The lowest BCUT2D eigenvalue weighted by Gasteiger charge is -2.19. The predicted octanol–water partition coefficient (Wildman–Crippen LogP) is 5.34. The number of pyridine rings is 2. The van der Waals surface area contributed by atoms with Crippen molar-refractivity contribution < 1.29 is 28.5 Å². The van der Waals surface area contributed by atoms with Gasteiger partial charge in [0.2, 0.25) is 0 Å². The van der Waals surface area contributed by atoms with Crippen LogP contribution >= 0.6 is 38.5 Å². The molecule has 0 aliphatic heterocycles. The summed E-state index contributed by atoms with van der Waals surface area (Å²) < 4.78 is 22.6. The first-order chi connectivity index (χ1) is 16.7. The fraction of sp³-hybridized carbons (Fsp3) is 0.500. The zero-order valence-corrected chi connectivity index (χ0v) is 25.1. The molecule has 36 heavy (non-hydrogen) atoms. The van der Waals surface area contributed by atoms with Crippen molar-refractivity contribution in [1.29, 1.82) is 0 Å². The smallest absolute Gasteiger partial charge is 0.407 e. The number of hydrogen-bond donors (Lipinski definition) is 2. The summed E-state index contributed by atoms with van der Waals surface area (Å²) >= 11 is 5.36. The number of ether oxygens (including phenoxy) is 4. The lowest BCUT2D eigenvalue weighted by atomic mass is 10.2. The van der Waals surface area contributed by atoms with Crippen LogP contribution in [0.25, 0.3) is 0 Å². The zero-order chi connectivity index (χ0) is 27.2. The average Bonchev–Trinajstić information content (AvgIpc) is 2.75. The van der Waals surface area contributed by atoms with Crippen molar-refractivity contribution in [3.63, 3.8) is 0 Å². The Hall–Kier alpha value is -2.35. The third-order valence-electron chi connectivity index (χ3n) is 3.48. The molecule has 10 nitrogen and oxygen atoms in total. The van der Waals surface area contributed by atoms with Crippen LogP contribution in [0.5, 0.6) is 11.5 Å². The molecule has 2 amide bonds. The van der Waals surface area contributed by atoms with Crippen molar-refractivity contribution in [2.24, 2.45) is 0 Å². The maximum absolute atomic E-state index is 11.3. The molecular weight excluding hydrogens is 647 g/mol. The number of nitrogens with one attached hydrogen (secondary N) is 2. The predicted molar refractivity (Wildman–Crippen MR) is 148 cm³/mol. The van der Waals surface area contributed by atoms with E-state index >= 15 is 0 Å². The van der Waals surface area contributed by atoms with Gasteiger partial charge in [-0.05, 0) is 104 Å². The molecule has 0 saturated carbocycles.